The van der Waals surface area contributed by atoms with Gasteiger partial charge in [0.15, 0.2) is 0 Å². The molecular weight excluding hydrogens is 260 g/mol. The molecule has 0 aliphatic carbocycles. The van der Waals surface area contributed by atoms with E-state index in [-0.39, 0.29) is 0 Å². The Labute approximate surface area is 126 Å². The number of aromatic nitrogens is 2. The van der Waals surface area contributed by atoms with Gasteiger partial charge in [-0.3, -0.25) is 4.90 Å². The van der Waals surface area contributed by atoms with E-state index in [4.69, 9.17) is 0 Å². The average Bonchev–Trinajstić information content (AvgIpc) is 2.72. The molecule has 1 aliphatic rings. The molecule has 4 heteroatoms. The Hall–Kier alpha value is -1.78. The van der Waals surface area contributed by atoms with Gasteiger partial charge in [-0.1, -0.05) is 30.3 Å². The fourth-order valence-electron chi connectivity index (χ4n) is 2.85. The summed E-state index contributed by atoms with van der Waals surface area (Å²) in [6.07, 6.45) is 4.78. The Morgan fingerprint density at radius 1 is 1.14 bits per heavy atom. The summed E-state index contributed by atoms with van der Waals surface area (Å²) in [4.78, 5) is 11.2. The van der Waals surface area contributed by atoms with Gasteiger partial charge in [0.05, 0.1) is 6.54 Å². The molecule has 1 aromatic carbocycles. The van der Waals surface area contributed by atoms with Crippen LogP contribution in [0, 0.1) is 0 Å². The van der Waals surface area contributed by atoms with Crippen molar-refractivity contribution in [3.8, 4) is 0 Å². The first-order valence-corrected chi connectivity index (χ1v) is 7.61. The van der Waals surface area contributed by atoms with Crippen molar-refractivity contribution >= 4 is 0 Å². The third kappa shape index (κ3) is 3.65. The molecule has 1 N–H and O–H groups in total. The second-order valence-electron chi connectivity index (χ2n) is 5.65. The van der Waals surface area contributed by atoms with Gasteiger partial charge in [-0.05, 0) is 31.5 Å². The normalized spacial score (nSPS) is 23.7. The molecule has 4 nitrogen and oxygen atoms in total. The number of hydrogen-bond donors (Lipinski definition) is 1. The van der Waals surface area contributed by atoms with Gasteiger partial charge in [0.2, 0.25) is 0 Å². The number of hydrogen-bond acceptors (Lipinski definition) is 4. The van der Waals surface area contributed by atoms with Crippen LogP contribution in [0.3, 0.4) is 0 Å². The smallest absolute Gasteiger partial charge is 0.142 e. The van der Waals surface area contributed by atoms with Crippen LogP contribution >= 0.6 is 0 Å². The van der Waals surface area contributed by atoms with Crippen LogP contribution in [0.25, 0.3) is 0 Å². The fraction of sp³-hybridized carbons (Fsp3) is 0.412. The quantitative estimate of drug-likeness (QED) is 0.938. The lowest BCUT2D eigenvalue weighted by Crippen LogP contribution is -2.35. The first-order chi connectivity index (χ1) is 10.3. The standard InChI is InChI=1S/C17H22N4/c1-14-8-11-18-16(15-6-3-2-4-7-15)12-21(14)13-17-19-9-5-10-20-17/h2-7,9-10,14,16,18H,8,11-13H2,1H3. The van der Waals surface area contributed by atoms with E-state index in [0.29, 0.717) is 12.1 Å². The molecule has 1 saturated heterocycles. The van der Waals surface area contributed by atoms with E-state index in [0.717, 1.165) is 31.9 Å². The molecule has 0 radical (unpaired) electrons. The molecule has 110 valence electrons. The molecule has 0 bridgehead atoms. The van der Waals surface area contributed by atoms with Crippen LogP contribution in [-0.2, 0) is 6.54 Å². The zero-order valence-electron chi connectivity index (χ0n) is 12.4. The highest BCUT2D eigenvalue weighted by Crippen LogP contribution is 2.20. The molecule has 2 aromatic rings. The molecule has 1 fully saturated rings. The first kappa shape index (κ1) is 14.2. The third-order valence-corrected chi connectivity index (χ3v) is 4.16. The Bertz CT molecular complexity index is 543. The van der Waals surface area contributed by atoms with Crippen LogP contribution in [0.2, 0.25) is 0 Å². The molecule has 21 heavy (non-hydrogen) atoms. The molecular formula is C17H22N4. The fourth-order valence-corrected chi connectivity index (χ4v) is 2.85. The van der Waals surface area contributed by atoms with Crippen molar-refractivity contribution in [2.24, 2.45) is 0 Å². The molecule has 0 saturated carbocycles. The first-order valence-electron chi connectivity index (χ1n) is 7.61. The maximum atomic E-state index is 4.36. The number of nitrogens with one attached hydrogen (secondary N) is 1. The van der Waals surface area contributed by atoms with Crippen molar-refractivity contribution in [2.45, 2.75) is 32.0 Å². The van der Waals surface area contributed by atoms with Crippen molar-refractivity contribution in [3.05, 3.63) is 60.2 Å². The van der Waals surface area contributed by atoms with Gasteiger partial charge in [0, 0.05) is 31.0 Å². The monoisotopic (exact) mass is 282 g/mol. The van der Waals surface area contributed by atoms with Gasteiger partial charge in [0.25, 0.3) is 0 Å². The molecule has 1 aliphatic heterocycles. The van der Waals surface area contributed by atoms with Crippen LogP contribution in [0.1, 0.15) is 30.8 Å². The summed E-state index contributed by atoms with van der Waals surface area (Å²) in [7, 11) is 0. The summed E-state index contributed by atoms with van der Waals surface area (Å²) < 4.78 is 0. The maximum absolute atomic E-state index is 4.36. The van der Waals surface area contributed by atoms with Crippen LogP contribution in [-0.4, -0.2) is 34.0 Å². The molecule has 2 unspecified atom stereocenters. The van der Waals surface area contributed by atoms with Gasteiger partial charge >= 0.3 is 0 Å². The zero-order chi connectivity index (χ0) is 14.5. The van der Waals surface area contributed by atoms with Gasteiger partial charge in [-0.2, -0.15) is 0 Å². The lowest BCUT2D eigenvalue weighted by atomic mass is 10.1. The SMILES string of the molecule is CC1CCNC(c2ccccc2)CN1Cc1ncccn1. The summed E-state index contributed by atoms with van der Waals surface area (Å²) in [5.41, 5.74) is 1.35. The highest BCUT2D eigenvalue weighted by Gasteiger charge is 2.24. The van der Waals surface area contributed by atoms with Gasteiger partial charge in [-0.15, -0.1) is 0 Å². The molecule has 0 spiro atoms. The summed E-state index contributed by atoms with van der Waals surface area (Å²) in [5.74, 6) is 0.901. The van der Waals surface area contributed by atoms with E-state index in [9.17, 15) is 0 Å². The van der Waals surface area contributed by atoms with Crippen LogP contribution in [0.5, 0.6) is 0 Å². The van der Waals surface area contributed by atoms with Crippen molar-refractivity contribution in [1.29, 1.82) is 0 Å². The molecule has 2 atom stereocenters. The molecule has 1 aromatic heterocycles. The van der Waals surface area contributed by atoms with E-state index in [1.54, 1.807) is 0 Å². The Morgan fingerprint density at radius 2 is 1.90 bits per heavy atom. The Kier molecular flexibility index (Phi) is 4.58. The van der Waals surface area contributed by atoms with E-state index in [1.807, 2.05) is 18.5 Å². The Balaban J connectivity index is 1.75. The van der Waals surface area contributed by atoms with Gasteiger partial charge in [0.1, 0.15) is 5.82 Å². The van der Waals surface area contributed by atoms with Crippen LogP contribution < -0.4 is 5.32 Å². The predicted molar refractivity (Wildman–Crippen MR) is 83.7 cm³/mol. The highest BCUT2D eigenvalue weighted by molar-refractivity contribution is 5.19. The van der Waals surface area contributed by atoms with Crippen molar-refractivity contribution in [1.82, 2.24) is 20.2 Å². The lowest BCUT2D eigenvalue weighted by molar-refractivity contribution is 0.191. The van der Waals surface area contributed by atoms with Crippen LogP contribution in [0.4, 0.5) is 0 Å². The molecule has 3 rings (SSSR count). The average molecular weight is 282 g/mol. The number of rotatable bonds is 3. The minimum absolute atomic E-state index is 0.375. The predicted octanol–water partition coefficient (Wildman–Crippen LogP) is 2.40. The summed E-state index contributed by atoms with van der Waals surface area (Å²) in [5, 5.41) is 3.66. The summed E-state index contributed by atoms with van der Waals surface area (Å²) >= 11 is 0. The Morgan fingerprint density at radius 3 is 2.67 bits per heavy atom. The topological polar surface area (TPSA) is 41.0 Å². The van der Waals surface area contributed by atoms with E-state index >= 15 is 0 Å². The van der Waals surface area contributed by atoms with Gasteiger partial charge in [-0.25, -0.2) is 9.97 Å². The van der Waals surface area contributed by atoms with E-state index in [1.165, 1.54) is 5.56 Å². The molecule has 2 heterocycles. The summed E-state index contributed by atoms with van der Waals surface area (Å²) in [6.45, 7) is 5.14. The summed E-state index contributed by atoms with van der Waals surface area (Å²) in [6, 6.07) is 13.5. The van der Waals surface area contributed by atoms with Gasteiger partial charge < -0.3 is 5.32 Å². The maximum Gasteiger partial charge on any atom is 0.142 e. The number of nitrogens with zero attached hydrogens (tertiary/aromatic N) is 3. The van der Waals surface area contributed by atoms with E-state index in [2.05, 4.69) is 57.4 Å². The highest BCUT2D eigenvalue weighted by atomic mass is 15.2. The second kappa shape index (κ2) is 6.78. The zero-order valence-corrected chi connectivity index (χ0v) is 12.4. The minimum atomic E-state index is 0.375. The lowest BCUT2D eigenvalue weighted by Gasteiger charge is -2.28. The largest absolute Gasteiger partial charge is 0.309 e. The number of benzene rings is 1. The third-order valence-electron chi connectivity index (χ3n) is 4.16. The second-order valence-corrected chi connectivity index (χ2v) is 5.65. The minimum Gasteiger partial charge on any atom is -0.309 e. The molecule has 0 amide bonds. The van der Waals surface area contributed by atoms with E-state index < -0.39 is 0 Å². The van der Waals surface area contributed by atoms with Crippen LogP contribution in [0.15, 0.2) is 48.8 Å². The van der Waals surface area contributed by atoms with Crippen molar-refractivity contribution in [2.75, 3.05) is 13.1 Å². The van der Waals surface area contributed by atoms with Crippen molar-refractivity contribution < 1.29 is 0 Å². The van der Waals surface area contributed by atoms with Crippen molar-refractivity contribution in [3.63, 3.8) is 0 Å².